The molecule has 1 rings (SSSR count). The fraction of sp³-hybridized carbons (Fsp3) is 0.636. The highest BCUT2D eigenvalue weighted by atomic mass is 32.2. The van der Waals surface area contributed by atoms with Gasteiger partial charge in [0.15, 0.2) is 0 Å². The van der Waals surface area contributed by atoms with Gasteiger partial charge in [-0.15, -0.1) is 0 Å². The maximum Gasteiger partial charge on any atom is 0.250 e. The summed E-state index contributed by atoms with van der Waals surface area (Å²) in [4.78, 5) is 10.4. The molecule has 0 aromatic rings. The Bertz CT molecular complexity index is 327. The fourth-order valence-electron chi connectivity index (χ4n) is 1.62. The van der Waals surface area contributed by atoms with E-state index in [1.165, 1.54) is 6.08 Å². The zero-order chi connectivity index (χ0) is 12.7. The van der Waals surface area contributed by atoms with E-state index < -0.39 is 0 Å². The normalized spacial score (nSPS) is 19.5. The van der Waals surface area contributed by atoms with Gasteiger partial charge in [0.05, 0.1) is 17.6 Å². The molecule has 1 aliphatic rings. The Labute approximate surface area is 105 Å². The van der Waals surface area contributed by atoms with Crippen molar-refractivity contribution < 1.29 is 14.8 Å². The Morgan fingerprint density at radius 1 is 1.71 bits per heavy atom. The van der Waals surface area contributed by atoms with E-state index in [1.54, 1.807) is 11.8 Å². The predicted molar refractivity (Wildman–Crippen MR) is 67.3 cm³/mol. The van der Waals surface area contributed by atoms with Gasteiger partial charge < -0.3 is 9.84 Å². The average molecular weight is 259 g/mol. The van der Waals surface area contributed by atoms with E-state index in [0.29, 0.717) is 25.2 Å². The molecule has 0 bridgehead atoms. The maximum atomic E-state index is 10.8. The minimum Gasteiger partial charge on any atom is -0.494 e. The lowest BCUT2D eigenvalue weighted by Crippen LogP contribution is -2.14. The highest BCUT2D eigenvalue weighted by Gasteiger charge is 2.23. The minimum atomic E-state index is -0.351. The van der Waals surface area contributed by atoms with E-state index in [0.717, 1.165) is 5.75 Å². The predicted octanol–water partition coefficient (Wildman–Crippen LogP) is 1.81. The zero-order valence-electron chi connectivity index (χ0n) is 9.80. The molecule has 0 aromatic carbocycles. The number of hydrogen-bond donors (Lipinski definition) is 1. The lowest BCUT2D eigenvalue weighted by Gasteiger charge is -2.17. The molecule has 0 spiro atoms. The molecule has 96 valence electrons. The first kappa shape index (κ1) is 14.1. The number of nitro groups is 1. The molecule has 1 unspecified atom stereocenters. The zero-order valence-corrected chi connectivity index (χ0v) is 10.6. The number of nitrogens with zero attached hydrogens (tertiary/aromatic N) is 1. The first-order valence-corrected chi connectivity index (χ1v) is 6.86. The van der Waals surface area contributed by atoms with Gasteiger partial charge in [-0.2, -0.15) is 11.8 Å². The third-order valence-corrected chi connectivity index (χ3v) is 3.13. The van der Waals surface area contributed by atoms with E-state index in [4.69, 9.17) is 9.84 Å². The standard InChI is InChI=1S/C11H17NO4S/c1-17-8-9-5-10(12(14)15)7-11(6-9)16-4-2-3-13/h6-7,9,13H,2-5,8H2,1H3. The van der Waals surface area contributed by atoms with E-state index >= 15 is 0 Å². The van der Waals surface area contributed by atoms with Crippen molar-refractivity contribution in [2.45, 2.75) is 12.8 Å². The van der Waals surface area contributed by atoms with E-state index in [1.807, 2.05) is 12.3 Å². The van der Waals surface area contributed by atoms with Crippen LogP contribution in [0.4, 0.5) is 0 Å². The van der Waals surface area contributed by atoms with Crippen molar-refractivity contribution in [2.75, 3.05) is 25.2 Å². The Morgan fingerprint density at radius 2 is 2.47 bits per heavy atom. The van der Waals surface area contributed by atoms with Gasteiger partial charge in [-0.1, -0.05) is 0 Å². The van der Waals surface area contributed by atoms with Crippen molar-refractivity contribution in [1.82, 2.24) is 0 Å². The van der Waals surface area contributed by atoms with Crippen molar-refractivity contribution in [3.05, 3.63) is 33.7 Å². The second-order valence-corrected chi connectivity index (χ2v) is 4.72. The summed E-state index contributed by atoms with van der Waals surface area (Å²) in [6.45, 7) is 0.448. The van der Waals surface area contributed by atoms with E-state index in [2.05, 4.69) is 0 Å². The molecule has 0 radical (unpaired) electrons. The molecule has 1 atom stereocenters. The van der Waals surface area contributed by atoms with Crippen molar-refractivity contribution in [1.29, 1.82) is 0 Å². The number of thioether (sulfide) groups is 1. The molecule has 0 aliphatic heterocycles. The lowest BCUT2D eigenvalue weighted by atomic mass is 9.99. The summed E-state index contributed by atoms with van der Waals surface area (Å²) in [7, 11) is 0. The Balaban J connectivity index is 2.65. The summed E-state index contributed by atoms with van der Waals surface area (Å²) in [5.74, 6) is 1.55. The average Bonchev–Trinajstić information content (AvgIpc) is 2.29. The first-order chi connectivity index (χ1) is 8.17. The van der Waals surface area contributed by atoms with Crippen molar-refractivity contribution in [3.63, 3.8) is 0 Å². The first-order valence-electron chi connectivity index (χ1n) is 5.46. The van der Waals surface area contributed by atoms with Crippen LogP contribution in [0.2, 0.25) is 0 Å². The van der Waals surface area contributed by atoms with E-state index in [9.17, 15) is 10.1 Å². The monoisotopic (exact) mass is 259 g/mol. The van der Waals surface area contributed by atoms with Crippen LogP contribution in [-0.4, -0.2) is 35.3 Å². The lowest BCUT2D eigenvalue weighted by molar-refractivity contribution is -0.429. The van der Waals surface area contributed by atoms with Crippen LogP contribution in [0.3, 0.4) is 0 Å². The quantitative estimate of drug-likeness (QED) is 0.429. The van der Waals surface area contributed by atoms with Gasteiger partial charge in [-0.3, -0.25) is 10.1 Å². The topological polar surface area (TPSA) is 72.6 Å². The summed E-state index contributed by atoms with van der Waals surface area (Å²) in [5.41, 5.74) is 0.200. The number of ether oxygens (including phenoxy) is 1. The second kappa shape index (κ2) is 7.34. The van der Waals surface area contributed by atoms with Gasteiger partial charge in [-0.05, 0) is 24.0 Å². The summed E-state index contributed by atoms with van der Waals surface area (Å²) in [6, 6.07) is 0. The minimum absolute atomic E-state index is 0.0628. The van der Waals surface area contributed by atoms with Gasteiger partial charge in [0.2, 0.25) is 0 Å². The fourth-order valence-corrected chi connectivity index (χ4v) is 2.27. The molecule has 0 saturated carbocycles. The smallest absolute Gasteiger partial charge is 0.250 e. The molecule has 6 heteroatoms. The van der Waals surface area contributed by atoms with Gasteiger partial charge in [0, 0.05) is 19.4 Å². The van der Waals surface area contributed by atoms with Crippen LogP contribution in [-0.2, 0) is 4.74 Å². The van der Waals surface area contributed by atoms with Gasteiger partial charge in [0.1, 0.15) is 5.76 Å². The maximum absolute atomic E-state index is 10.8. The molecular weight excluding hydrogens is 242 g/mol. The Kier molecular flexibility index (Phi) is 6.07. The largest absolute Gasteiger partial charge is 0.494 e. The number of hydrogen-bond acceptors (Lipinski definition) is 5. The SMILES string of the molecule is CSCC1C=C(OCCCO)C=C([N+](=O)[O-])C1. The molecule has 17 heavy (non-hydrogen) atoms. The van der Waals surface area contributed by atoms with Crippen molar-refractivity contribution >= 4 is 11.8 Å². The van der Waals surface area contributed by atoms with Crippen LogP contribution in [0.1, 0.15) is 12.8 Å². The van der Waals surface area contributed by atoms with Crippen LogP contribution in [0.5, 0.6) is 0 Å². The van der Waals surface area contributed by atoms with Crippen molar-refractivity contribution in [3.8, 4) is 0 Å². The summed E-state index contributed by atoms with van der Waals surface area (Å²) in [6.07, 6.45) is 6.38. The third-order valence-electron chi connectivity index (χ3n) is 2.37. The molecule has 0 saturated heterocycles. The molecule has 1 aliphatic carbocycles. The van der Waals surface area contributed by atoms with Crippen LogP contribution < -0.4 is 0 Å². The van der Waals surface area contributed by atoms with Crippen LogP contribution >= 0.6 is 11.8 Å². The number of aliphatic hydroxyl groups is 1. The van der Waals surface area contributed by atoms with Crippen LogP contribution in [0, 0.1) is 16.0 Å². The highest BCUT2D eigenvalue weighted by Crippen LogP contribution is 2.26. The summed E-state index contributed by atoms with van der Waals surface area (Å²) >= 11 is 1.66. The highest BCUT2D eigenvalue weighted by molar-refractivity contribution is 7.98. The second-order valence-electron chi connectivity index (χ2n) is 3.81. The van der Waals surface area contributed by atoms with Crippen LogP contribution in [0.25, 0.3) is 0 Å². The van der Waals surface area contributed by atoms with Crippen LogP contribution in [0.15, 0.2) is 23.6 Å². The molecule has 0 heterocycles. The number of aliphatic hydroxyl groups excluding tert-OH is 1. The molecule has 0 amide bonds. The summed E-state index contributed by atoms with van der Waals surface area (Å²) < 4.78 is 5.39. The molecule has 5 nitrogen and oxygen atoms in total. The van der Waals surface area contributed by atoms with Gasteiger partial charge >= 0.3 is 0 Å². The Morgan fingerprint density at radius 3 is 3.06 bits per heavy atom. The van der Waals surface area contributed by atoms with Gasteiger partial charge in [0.25, 0.3) is 5.70 Å². The van der Waals surface area contributed by atoms with Gasteiger partial charge in [-0.25, -0.2) is 0 Å². The third kappa shape index (κ3) is 4.79. The molecule has 0 aromatic heterocycles. The Hall–Kier alpha value is -1.01. The number of allylic oxidation sites excluding steroid dienone is 3. The molecule has 0 fully saturated rings. The van der Waals surface area contributed by atoms with Crippen molar-refractivity contribution in [2.24, 2.45) is 5.92 Å². The summed E-state index contributed by atoms with van der Waals surface area (Å²) in [5, 5.41) is 19.4. The molecular formula is C11H17NO4S. The molecule has 1 N–H and O–H groups in total. The van der Waals surface area contributed by atoms with E-state index in [-0.39, 0.29) is 23.1 Å². The number of rotatable bonds is 7.